The minimum absolute atomic E-state index is 0.104. The molecular weight excluding hydrogens is 242 g/mol. The first kappa shape index (κ1) is 13.7. The lowest BCUT2D eigenvalue weighted by Gasteiger charge is -2.34. The lowest BCUT2D eigenvalue weighted by atomic mass is 9.81. The predicted molar refractivity (Wildman–Crippen MR) is 70.7 cm³/mol. The van der Waals surface area contributed by atoms with Crippen molar-refractivity contribution in [3.63, 3.8) is 0 Å². The summed E-state index contributed by atoms with van der Waals surface area (Å²) < 4.78 is 0. The number of pyridine rings is 1. The van der Waals surface area contributed by atoms with Crippen LogP contribution in [0.15, 0.2) is 18.3 Å². The minimum atomic E-state index is -0.231. The van der Waals surface area contributed by atoms with Gasteiger partial charge in [-0.05, 0) is 23.1 Å². The van der Waals surface area contributed by atoms with Gasteiger partial charge in [-0.15, -0.1) is 0 Å². The maximum Gasteiger partial charge on any atom is 0.230 e. The summed E-state index contributed by atoms with van der Waals surface area (Å²) in [4.78, 5) is 29.5. The second-order valence-electron chi connectivity index (χ2n) is 5.75. The van der Waals surface area contributed by atoms with E-state index in [1.54, 1.807) is 12.3 Å². The molecule has 19 heavy (non-hydrogen) atoms. The zero-order valence-electron chi connectivity index (χ0n) is 11.3. The Labute approximate surface area is 112 Å². The van der Waals surface area contributed by atoms with Gasteiger partial charge >= 0.3 is 0 Å². The van der Waals surface area contributed by atoms with Crippen molar-refractivity contribution in [3.05, 3.63) is 29.6 Å². The Balaban J connectivity index is 2.14. The number of hydrogen-bond donors (Lipinski definition) is 1. The third kappa shape index (κ3) is 3.17. The van der Waals surface area contributed by atoms with E-state index in [0.717, 1.165) is 11.3 Å². The zero-order chi connectivity index (χ0) is 14.0. The lowest BCUT2D eigenvalue weighted by molar-refractivity contribution is -0.153. The maximum absolute atomic E-state index is 12.0. The van der Waals surface area contributed by atoms with E-state index in [9.17, 15) is 9.59 Å². The van der Waals surface area contributed by atoms with Crippen molar-refractivity contribution in [2.24, 2.45) is 11.1 Å². The summed E-state index contributed by atoms with van der Waals surface area (Å²) in [6.07, 6.45) is 2.47. The van der Waals surface area contributed by atoms with E-state index in [4.69, 9.17) is 5.73 Å². The molecule has 2 N–H and O–H groups in total. The van der Waals surface area contributed by atoms with Gasteiger partial charge in [0.05, 0.1) is 12.2 Å². The minimum Gasteiger partial charge on any atom is -0.325 e. The van der Waals surface area contributed by atoms with Crippen LogP contribution < -0.4 is 5.73 Å². The Kier molecular flexibility index (Phi) is 3.66. The number of amides is 2. The number of carbonyl (C=O) groups is 2. The van der Waals surface area contributed by atoms with Gasteiger partial charge in [-0.2, -0.15) is 0 Å². The summed E-state index contributed by atoms with van der Waals surface area (Å²) in [5, 5.41) is 0. The summed E-state index contributed by atoms with van der Waals surface area (Å²) >= 11 is 0. The first-order chi connectivity index (χ1) is 8.91. The Bertz CT molecular complexity index is 491. The van der Waals surface area contributed by atoms with Crippen molar-refractivity contribution in [2.75, 3.05) is 0 Å². The molecule has 2 amide bonds. The molecule has 1 saturated heterocycles. The highest BCUT2D eigenvalue weighted by Crippen LogP contribution is 2.32. The lowest BCUT2D eigenvalue weighted by Crippen LogP contribution is -2.45. The zero-order valence-corrected chi connectivity index (χ0v) is 11.3. The highest BCUT2D eigenvalue weighted by molar-refractivity contribution is 5.98. The third-order valence-corrected chi connectivity index (χ3v) is 3.29. The van der Waals surface area contributed by atoms with E-state index < -0.39 is 0 Å². The summed E-state index contributed by atoms with van der Waals surface area (Å²) in [7, 11) is 0. The summed E-state index contributed by atoms with van der Waals surface area (Å²) in [5.41, 5.74) is 6.95. The standard InChI is InChI=1S/C14H19N3O2/c1-14(2)6-12(18)17(13(19)7-14)9-10-3-4-16-11(5-10)8-15/h3-5H,6-9,15H2,1-2H3. The molecule has 0 aliphatic carbocycles. The van der Waals surface area contributed by atoms with E-state index in [-0.39, 0.29) is 17.2 Å². The van der Waals surface area contributed by atoms with Gasteiger partial charge < -0.3 is 5.73 Å². The van der Waals surface area contributed by atoms with Crippen molar-refractivity contribution < 1.29 is 9.59 Å². The summed E-state index contributed by atoms with van der Waals surface area (Å²) in [5.74, 6) is -0.209. The smallest absolute Gasteiger partial charge is 0.230 e. The molecule has 0 saturated carbocycles. The number of likely N-dealkylation sites (tertiary alicyclic amines) is 1. The second kappa shape index (κ2) is 5.09. The topological polar surface area (TPSA) is 76.3 Å². The molecule has 0 spiro atoms. The molecule has 0 atom stereocenters. The molecule has 5 nitrogen and oxygen atoms in total. The van der Waals surface area contributed by atoms with Crippen LogP contribution in [0.4, 0.5) is 0 Å². The average molecular weight is 261 g/mol. The number of hydrogen-bond acceptors (Lipinski definition) is 4. The van der Waals surface area contributed by atoms with E-state index in [1.807, 2.05) is 19.9 Å². The molecule has 1 aliphatic heterocycles. The molecule has 2 rings (SSSR count). The Morgan fingerprint density at radius 1 is 1.32 bits per heavy atom. The van der Waals surface area contributed by atoms with Gasteiger partial charge in [0.15, 0.2) is 0 Å². The summed E-state index contributed by atoms with van der Waals surface area (Å²) in [6, 6.07) is 3.64. The Morgan fingerprint density at radius 3 is 2.53 bits per heavy atom. The van der Waals surface area contributed by atoms with Crippen molar-refractivity contribution >= 4 is 11.8 Å². The van der Waals surface area contributed by atoms with Gasteiger partial charge in [0.25, 0.3) is 0 Å². The van der Waals surface area contributed by atoms with Crippen LogP contribution in [-0.4, -0.2) is 21.7 Å². The average Bonchev–Trinajstić information content (AvgIpc) is 2.33. The maximum atomic E-state index is 12.0. The fourth-order valence-corrected chi connectivity index (χ4v) is 2.31. The van der Waals surface area contributed by atoms with Crippen LogP contribution in [0.2, 0.25) is 0 Å². The van der Waals surface area contributed by atoms with Gasteiger partial charge in [-0.25, -0.2) is 0 Å². The summed E-state index contributed by atoms with van der Waals surface area (Å²) in [6.45, 7) is 4.55. The second-order valence-corrected chi connectivity index (χ2v) is 5.75. The number of imide groups is 1. The number of piperidine rings is 1. The molecule has 1 aromatic heterocycles. The molecule has 102 valence electrons. The molecule has 0 bridgehead atoms. The molecule has 1 fully saturated rings. The van der Waals surface area contributed by atoms with E-state index in [0.29, 0.717) is 25.9 Å². The molecule has 0 radical (unpaired) electrons. The van der Waals surface area contributed by atoms with E-state index in [2.05, 4.69) is 4.98 Å². The van der Waals surface area contributed by atoms with Gasteiger partial charge in [0.1, 0.15) is 0 Å². The van der Waals surface area contributed by atoms with E-state index >= 15 is 0 Å². The SMILES string of the molecule is CC1(C)CC(=O)N(Cc2ccnc(CN)c2)C(=O)C1. The van der Waals surface area contributed by atoms with E-state index in [1.165, 1.54) is 4.90 Å². The number of nitrogens with two attached hydrogens (primary N) is 1. The number of nitrogens with zero attached hydrogens (tertiary/aromatic N) is 2. The molecule has 2 heterocycles. The molecular formula is C14H19N3O2. The molecule has 5 heteroatoms. The molecule has 0 unspecified atom stereocenters. The van der Waals surface area contributed by atoms with Crippen LogP contribution in [0.25, 0.3) is 0 Å². The van der Waals surface area contributed by atoms with Crippen LogP contribution in [0.5, 0.6) is 0 Å². The fourth-order valence-electron chi connectivity index (χ4n) is 2.31. The van der Waals surface area contributed by atoms with Crippen LogP contribution in [-0.2, 0) is 22.7 Å². The van der Waals surface area contributed by atoms with Crippen molar-refractivity contribution in [2.45, 2.75) is 39.8 Å². The van der Waals surface area contributed by atoms with Gasteiger partial charge in [0, 0.05) is 25.6 Å². The first-order valence-corrected chi connectivity index (χ1v) is 6.38. The predicted octanol–water partition coefficient (Wildman–Crippen LogP) is 1.22. The molecule has 0 aromatic carbocycles. The third-order valence-electron chi connectivity index (χ3n) is 3.29. The fraction of sp³-hybridized carbons (Fsp3) is 0.500. The number of aromatic nitrogens is 1. The van der Waals surface area contributed by atoms with Crippen LogP contribution in [0.3, 0.4) is 0 Å². The van der Waals surface area contributed by atoms with Gasteiger partial charge in [-0.3, -0.25) is 19.5 Å². The molecule has 1 aromatic rings. The van der Waals surface area contributed by atoms with Crippen molar-refractivity contribution in [1.29, 1.82) is 0 Å². The van der Waals surface area contributed by atoms with Crippen molar-refractivity contribution in [3.8, 4) is 0 Å². The van der Waals surface area contributed by atoms with Crippen molar-refractivity contribution in [1.82, 2.24) is 9.88 Å². The number of rotatable bonds is 3. The van der Waals surface area contributed by atoms with Gasteiger partial charge in [-0.1, -0.05) is 13.8 Å². The quantitative estimate of drug-likeness (QED) is 0.830. The largest absolute Gasteiger partial charge is 0.325 e. The van der Waals surface area contributed by atoms with Crippen LogP contribution in [0, 0.1) is 5.41 Å². The normalized spacial score (nSPS) is 18.8. The Hall–Kier alpha value is -1.75. The Morgan fingerprint density at radius 2 is 1.95 bits per heavy atom. The van der Waals surface area contributed by atoms with Gasteiger partial charge in [0.2, 0.25) is 11.8 Å². The highest BCUT2D eigenvalue weighted by atomic mass is 16.2. The number of carbonyl (C=O) groups excluding carboxylic acids is 2. The first-order valence-electron chi connectivity index (χ1n) is 6.38. The monoisotopic (exact) mass is 261 g/mol. The van der Waals surface area contributed by atoms with Crippen LogP contribution >= 0.6 is 0 Å². The molecule has 1 aliphatic rings. The van der Waals surface area contributed by atoms with Crippen LogP contribution in [0.1, 0.15) is 37.9 Å². The highest BCUT2D eigenvalue weighted by Gasteiger charge is 2.37.